The van der Waals surface area contributed by atoms with Crippen LogP contribution < -0.4 is 0 Å². The van der Waals surface area contributed by atoms with Crippen LogP contribution in [-0.2, 0) is 16.6 Å². The first-order valence-electron chi connectivity index (χ1n) is 7.20. The van der Waals surface area contributed by atoms with Crippen molar-refractivity contribution in [2.45, 2.75) is 50.4 Å². The number of aliphatic carboxylic acids is 1. The Morgan fingerprint density at radius 2 is 2.09 bits per heavy atom. The second kappa shape index (κ2) is 6.21. The Balaban J connectivity index is 2.23. The van der Waals surface area contributed by atoms with Crippen molar-refractivity contribution in [2.24, 2.45) is 7.05 Å². The molecule has 1 aliphatic carbocycles. The van der Waals surface area contributed by atoms with E-state index in [1.54, 1.807) is 0 Å². The van der Waals surface area contributed by atoms with Gasteiger partial charge in [-0.15, -0.1) is 0 Å². The molecule has 6 nitrogen and oxygen atoms in total. The third-order valence-corrected chi connectivity index (χ3v) is 3.95. The maximum atomic E-state index is 13.3. The Morgan fingerprint density at radius 1 is 1.48 bits per heavy atom. The van der Waals surface area contributed by atoms with E-state index in [0.717, 1.165) is 4.90 Å². The largest absolute Gasteiger partial charge is 0.480 e. The minimum atomic E-state index is -4.64. The molecule has 2 rings (SSSR count). The van der Waals surface area contributed by atoms with E-state index < -0.39 is 36.4 Å². The van der Waals surface area contributed by atoms with E-state index in [9.17, 15) is 22.8 Å². The molecule has 1 aliphatic rings. The lowest BCUT2D eigenvalue weighted by molar-refractivity contribution is -0.165. The lowest BCUT2D eigenvalue weighted by Gasteiger charge is -2.29. The molecule has 0 aromatic carbocycles. The maximum Gasteiger partial charge on any atom is 0.399 e. The normalized spacial score (nSPS) is 17.6. The molecule has 1 N–H and O–H groups in total. The standard InChI is InChI=1S/C14H18F3N3O3/c1-8(13(22)23)20(9-3-4-9)11(21)7-10(14(15,16)17)12-18-5-6-19(12)2/h5-6,8-10H,3-4,7H2,1-2H3,(H,22,23)/t8-,10+/m0/s1. The second-order valence-electron chi connectivity index (χ2n) is 5.74. The molecular formula is C14H18F3N3O3. The van der Waals surface area contributed by atoms with Gasteiger partial charge >= 0.3 is 12.1 Å². The number of hydrogen-bond donors (Lipinski definition) is 1. The van der Waals surface area contributed by atoms with E-state index >= 15 is 0 Å². The fourth-order valence-electron chi connectivity index (χ4n) is 2.55. The molecule has 2 atom stereocenters. The van der Waals surface area contributed by atoms with Gasteiger partial charge in [0, 0.05) is 31.9 Å². The van der Waals surface area contributed by atoms with Gasteiger partial charge in [0.2, 0.25) is 5.91 Å². The Bertz CT molecular complexity index is 596. The van der Waals surface area contributed by atoms with Gasteiger partial charge in [0.15, 0.2) is 0 Å². The first-order valence-corrected chi connectivity index (χ1v) is 7.20. The second-order valence-corrected chi connectivity index (χ2v) is 5.74. The van der Waals surface area contributed by atoms with Crippen LogP contribution in [0.2, 0.25) is 0 Å². The number of carbonyl (C=O) groups is 2. The van der Waals surface area contributed by atoms with Crippen LogP contribution in [0.3, 0.4) is 0 Å². The molecule has 1 heterocycles. The van der Waals surface area contributed by atoms with Crippen LogP contribution >= 0.6 is 0 Å². The zero-order valence-electron chi connectivity index (χ0n) is 12.7. The van der Waals surface area contributed by atoms with Gasteiger partial charge in [0.05, 0.1) is 0 Å². The number of hydrogen-bond acceptors (Lipinski definition) is 3. The smallest absolute Gasteiger partial charge is 0.399 e. The van der Waals surface area contributed by atoms with Crippen molar-refractivity contribution in [3.63, 3.8) is 0 Å². The molecular weight excluding hydrogens is 315 g/mol. The number of rotatable bonds is 6. The lowest BCUT2D eigenvalue weighted by Crippen LogP contribution is -2.46. The molecule has 0 aliphatic heterocycles. The molecule has 0 spiro atoms. The number of alkyl halides is 3. The molecule has 1 fully saturated rings. The molecule has 128 valence electrons. The number of nitrogens with zero attached hydrogens (tertiary/aromatic N) is 3. The third-order valence-electron chi connectivity index (χ3n) is 3.95. The van der Waals surface area contributed by atoms with E-state index in [1.165, 1.54) is 30.9 Å². The SMILES string of the molecule is C[C@@H](C(=O)O)N(C(=O)C[C@H](c1nccn1C)C(F)(F)F)C1CC1. The number of imidazole rings is 1. The predicted molar refractivity (Wildman–Crippen MR) is 73.6 cm³/mol. The van der Waals surface area contributed by atoms with Gasteiger partial charge in [-0.1, -0.05) is 0 Å². The summed E-state index contributed by atoms with van der Waals surface area (Å²) in [6.07, 6.45) is -1.65. The molecule has 0 unspecified atom stereocenters. The van der Waals surface area contributed by atoms with Gasteiger partial charge in [-0.2, -0.15) is 13.2 Å². The summed E-state index contributed by atoms with van der Waals surface area (Å²) in [6, 6.07) is -1.44. The topological polar surface area (TPSA) is 75.4 Å². The highest BCUT2D eigenvalue weighted by Crippen LogP contribution is 2.38. The summed E-state index contributed by atoms with van der Waals surface area (Å²) in [7, 11) is 1.42. The Labute approximate surface area is 130 Å². The fourth-order valence-corrected chi connectivity index (χ4v) is 2.55. The lowest BCUT2D eigenvalue weighted by atomic mass is 10.0. The van der Waals surface area contributed by atoms with Crippen LogP contribution in [0.1, 0.15) is 37.9 Å². The molecule has 1 saturated carbocycles. The number of amides is 1. The summed E-state index contributed by atoms with van der Waals surface area (Å²) < 4.78 is 41.2. The van der Waals surface area contributed by atoms with Crippen molar-refractivity contribution < 1.29 is 27.9 Å². The number of aromatic nitrogens is 2. The summed E-state index contributed by atoms with van der Waals surface area (Å²) in [6.45, 7) is 1.31. The summed E-state index contributed by atoms with van der Waals surface area (Å²) in [5, 5.41) is 9.07. The monoisotopic (exact) mass is 333 g/mol. The first-order chi connectivity index (χ1) is 10.6. The average molecular weight is 333 g/mol. The molecule has 9 heteroatoms. The Hall–Kier alpha value is -2.06. The highest BCUT2D eigenvalue weighted by Gasteiger charge is 2.47. The highest BCUT2D eigenvalue weighted by atomic mass is 19.4. The number of carbonyl (C=O) groups excluding carboxylic acids is 1. The minimum Gasteiger partial charge on any atom is -0.480 e. The van der Waals surface area contributed by atoms with E-state index in [1.807, 2.05) is 0 Å². The van der Waals surface area contributed by atoms with Crippen molar-refractivity contribution in [1.29, 1.82) is 0 Å². The summed E-state index contributed by atoms with van der Waals surface area (Å²) in [5.74, 6) is -4.36. The maximum absolute atomic E-state index is 13.3. The van der Waals surface area contributed by atoms with E-state index in [-0.39, 0.29) is 11.9 Å². The Morgan fingerprint density at radius 3 is 2.48 bits per heavy atom. The van der Waals surface area contributed by atoms with Crippen molar-refractivity contribution >= 4 is 11.9 Å². The summed E-state index contributed by atoms with van der Waals surface area (Å²) >= 11 is 0. The van der Waals surface area contributed by atoms with Gasteiger partial charge in [0.1, 0.15) is 17.8 Å². The third kappa shape index (κ3) is 3.83. The van der Waals surface area contributed by atoms with Crippen molar-refractivity contribution in [3.05, 3.63) is 18.2 Å². The van der Waals surface area contributed by atoms with Gasteiger partial charge in [0.25, 0.3) is 0 Å². The van der Waals surface area contributed by atoms with E-state index in [4.69, 9.17) is 5.11 Å². The van der Waals surface area contributed by atoms with Crippen LogP contribution in [0.4, 0.5) is 13.2 Å². The number of carboxylic acids is 1. The van der Waals surface area contributed by atoms with Crippen LogP contribution in [0.5, 0.6) is 0 Å². The zero-order valence-corrected chi connectivity index (χ0v) is 12.7. The van der Waals surface area contributed by atoms with Gasteiger partial charge in [-0.3, -0.25) is 4.79 Å². The predicted octanol–water partition coefficient (Wildman–Crippen LogP) is 1.92. The molecule has 1 aromatic heterocycles. The Kier molecular flexibility index (Phi) is 4.67. The summed E-state index contributed by atoms with van der Waals surface area (Å²) in [5.41, 5.74) is 0. The van der Waals surface area contributed by atoms with Crippen molar-refractivity contribution in [1.82, 2.24) is 14.5 Å². The van der Waals surface area contributed by atoms with Crippen LogP contribution in [0.15, 0.2) is 12.4 Å². The highest BCUT2D eigenvalue weighted by molar-refractivity contribution is 5.84. The molecule has 23 heavy (non-hydrogen) atoms. The number of carboxylic acid groups (broad SMARTS) is 1. The zero-order chi connectivity index (χ0) is 17.4. The quantitative estimate of drug-likeness (QED) is 0.863. The molecule has 1 aromatic rings. The van der Waals surface area contributed by atoms with E-state index in [2.05, 4.69) is 4.98 Å². The number of halogens is 3. The number of aryl methyl sites for hydroxylation is 1. The fraction of sp³-hybridized carbons (Fsp3) is 0.643. The van der Waals surface area contributed by atoms with Crippen molar-refractivity contribution in [2.75, 3.05) is 0 Å². The minimum absolute atomic E-state index is 0.260. The van der Waals surface area contributed by atoms with E-state index in [0.29, 0.717) is 12.8 Å². The van der Waals surface area contributed by atoms with Crippen molar-refractivity contribution in [3.8, 4) is 0 Å². The van der Waals surface area contributed by atoms with Gasteiger partial charge in [-0.05, 0) is 19.8 Å². The molecule has 0 bridgehead atoms. The van der Waals surface area contributed by atoms with Crippen LogP contribution in [0, 0.1) is 0 Å². The van der Waals surface area contributed by atoms with Gasteiger partial charge < -0.3 is 14.6 Å². The average Bonchev–Trinajstić information content (AvgIpc) is 3.17. The summed E-state index contributed by atoms with van der Waals surface area (Å²) in [4.78, 5) is 28.2. The first kappa shape index (κ1) is 17.3. The van der Waals surface area contributed by atoms with Crippen LogP contribution in [-0.4, -0.2) is 49.7 Å². The molecule has 1 amide bonds. The van der Waals surface area contributed by atoms with Crippen LogP contribution in [0.25, 0.3) is 0 Å². The molecule has 0 saturated heterocycles. The van der Waals surface area contributed by atoms with Gasteiger partial charge in [-0.25, -0.2) is 9.78 Å². The molecule has 0 radical (unpaired) electrons.